The molecule has 0 aromatic rings. The lowest BCUT2D eigenvalue weighted by atomic mass is 10.3. The molecule has 72 valence electrons. The summed E-state index contributed by atoms with van der Waals surface area (Å²) in [5, 5.41) is 16.3. The number of aliphatic hydroxyl groups excluding tert-OH is 2. The second-order valence-electron chi connectivity index (χ2n) is 2.31. The van der Waals surface area contributed by atoms with Gasteiger partial charge in [-0.2, -0.15) is 0 Å². The van der Waals surface area contributed by atoms with Crippen molar-refractivity contribution in [2.75, 3.05) is 13.2 Å². The second kappa shape index (κ2) is 16.8. The van der Waals surface area contributed by atoms with Crippen LogP contribution >= 0.6 is 0 Å². The van der Waals surface area contributed by atoms with E-state index >= 15 is 0 Å². The van der Waals surface area contributed by atoms with Crippen molar-refractivity contribution in [3.8, 4) is 0 Å². The molecule has 0 unspecified atom stereocenters. The minimum absolute atomic E-state index is 0.284. The van der Waals surface area contributed by atoms with Crippen molar-refractivity contribution in [2.24, 2.45) is 0 Å². The van der Waals surface area contributed by atoms with E-state index in [1.165, 1.54) is 0 Å². The molecule has 2 nitrogen and oxygen atoms in total. The van der Waals surface area contributed by atoms with Crippen molar-refractivity contribution in [3.63, 3.8) is 0 Å². The number of rotatable bonds is 6. The van der Waals surface area contributed by atoms with E-state index in [9.17, 15) is 0 Å². The lowest BCUT2D eigenvalue weighted by Crippen LogP contribution is -1.76. The number of unbranched alkanes of at least 4 members (excludes halogenated alkanes) is 2. The highest BCUT2D eigenvalue weighted by Gasteiger charge is 1.72. The highest BCUT2D eigenvalue weighted by Crippen LogP contribution is 1.84. The Labute approximate surface area is 75.2 Å². The van der Waals surface area contributed by atoms with Gasteiger partial charge in [0.2, 0.25) is 0 Å². The van der Waals surface area contributed by atoms with Gasteiger partial charge in [0.15, 0.2) is 0 Å². The van der Waals surface area contributed by atoms with E-state index in [-0.39, 0.29) is 13.2 Å². The van der Waals surface area contributed by atoms with Gasteiger partial charge in [0.1, 0.15) is 0 Å². The number of allylic oxidation sites excluding steroid dienone is 2. The quantitative estimate of drug-likeness (QED) is 0.474. The fourth-order valence-electron chi connectivity index (χ4n) is 0.471. The molecule has 12 heavy (non-hydrogen) atoms. The van der Waals surface area contributed by atoms with Gasteiger partial charge in [-0.15, -0.1) is 13.2 Å². The zero-order valence-corrected chi connectivity index (χ0v) is 7.71. The predicted octanol–water partition coefficient (Wildman–Crippen LogP) is 1.89. The summed E-state index contributed by atoms with van der Waals surface area (Å²) in [4.78, 5) is 0. The van der Waals surface area contributed by atoms with Gasteiger partial charge in [-0.3, -0.25) is 0 Å². The van der Waals surface area contributed by atoms with Gasteiger partial charge >= 0.3 is 0 Å². The van der Waals surface area contributed by atoms with Crippen molar-refractivity contribution in [1.82, 2.24) is 0 Å². The van der Waals surface area contributed by atoms with Crippen LogP contribution in [0, 0.1) is 0 Å². The van der Waals surface area contributed by atoms with E-state index in [2.05, 4.69) is 13.2 Å². The minimum atomic E-state index is 0.284. The molecule has 0 fully saturated rings. The summed E-state index contributed by atoms with van der Waals surface area (Å²) >= 11 is 0. The Kier molecular flexibility index (Phi) is 19.5. The maximum absolute atomic E-state index is 8.15. The maximum atomic E-state index is 8.15. The molecular weight excluding hydrogens is 152 g/mol. The summed E-state index contributed by atoms with van der Waals surface area (Å²) in [6, 6.07) is 0. The highest BCUT2D eigenvalue weighted by atomic mass is 16.3. The molecule has 0 atom stereocenters. The molecule has 0 amide bonds. The van der Waals surface area contributed by atoms with Crippen molar-refractivity contribution >= 4 is 0 Å². The van der Waals surface area contributed by atoms with Crippen LogP contribution in [0.4, 0.5) is 0 Å². The van der Waals surface area contributed by atoms with Crippen LogP contribution in [0.5, 0.6) is 0 Å². The first-order chi connectivity index (χ1) is 5.83. The van der Waals surface area contributed by atoms with Gasteiger partial charge < -0.3 is 10.2 Å². The van der Waals surface area contributed by atoms with Crippen LogP contribution < -0.4 is 0 Å². The predicted molar refractivity (Wildman–Crippen MR) is 53.0 cm³/mol. The fraction of sp³-hybridized carbons (Fsp3) is 0.600. The topological polar surface area (TPSA) is 40.5 Å². The van der Waals surface area contributed by atoms with Crippen molar-refractivity contribution < 1.29 is 10.2 Å². The number of hydrogen-bond donors (Lipinski definition) is 2. The number of hydrogen-bond acceptors (Lipinski definition) is 2. The molecule has 0 heterocycles. The first kappa shape index (κ1) is 14.0. The van der Waals surface area contributed by atoms with Gasteiger partial charge in [-0.1, -0.05) is 12.2 Å². The Bertz CT molecular complexity index is 77.8. The van der Waals surface area contributed by atoms with E-state index in [1.807, 2.05) is 0 Å². The highest BCUT2D eigenvalue weighted by molar-refractivity contribution is 4.64. The zero-order valence-electron chi connectivity index (χ0n) is 7.71. The number of aliphatic hydroxyl groups is 2. The molecule has 0 aliphatic carbocycles. The Balaban J connectivity index is 0. The average Bonchev–Trinajstić information content (AvgIpc) is 2.12. The van der Waals surface area contributed by atoms with Crippen molar-refractivity contribution in [2.45, 2.75) is 25.7 Å². The van der Waals surface area contributed by atoms with Crippen LogP contribution in [0.1, 0.15) is 25.7 Å². The Morgan fingerprint density at radius 2 is 1.17 bits per heavy atom. The van der Waals surface area contributed by atoms with E-state index in [0.717, 1.165) is 25.7 Å². The largest absolute Gasteiger partial charge is 0.396 e. The van der Waals surface area contributed by atoms with Crippen LogP contribution in [-0.2, 0) is 0 Å². The van der Waals surface area contributed by atoms with E-state index in [4.69, 9.17) is 10.2 Å². The Hall–Kier alpha value is -0.600. The minimum Gasteiger partial charge on any atom is -0.396 e. The summed E-state index contributed by atoms with van der Waals surface area (Å²) in [5.74, 6) is 0. The van der Waals surface area contributed by atoms with E-state index in [0.29, 0.717) is 0 Å². The molecule has 0 aliphatic heterocycles. The van der Waals surface area contributed by atoms with Crippen LogP contribution in [0.2, 0.25) is 0 Å². The Morgan fingerprint density at radius 1 is 0.833 bits per heavy atom. The molecule has 0 aromatic heterocycles. The fourth-order valence-corrected chi connectivity index (χ4v) is 0.471. The molecule has 0 rings (SSSR count). The monoisotopic (exact) mass is 172 g/mol. The van der Waals surface area contributed by atoms with Crippen LogP contribution in [0.3, 0.4) is 0 Å². The van der Waals surface area contributed by atoms with Gasteiger partial charge in [-0.05, 0) is 25.7 Å². The van der Waals surface area contributed by atoms with E-state index in [1.54, 1.807) is 12.2 Å². The molecule has 0 saturated carbocycles. The lowest BCUT2D eigenvalue weighted by molar-refractivity contribution is 0.289. The molecule has 2 heteroatoms. The molecule has 2 N–H and O–H groups in total. The third-order valence-corrected chi connectivity index (χ3v) is 1.13. The second-order valence-corrected chi connectivity index (χ2v) is 2.31. The van der Waals surface area contributed by atoms with Crippen LogP contribution in [0.15, 0.2) is 25.3 Å². The molecule has 0 spiro atoms. The average molecular weight is 172 g/mol. The van der Waals surface area contributed by atoms with Crippen molar-refractivity contribution in [1.29, 1.82) is 0 Å². The summed E-state index contributed by atoms with van der Waals surface area (Å²) < 4.78 is 0. The smallest absolute Gasteiger partial charge is 0.0433 e. The van der Waals surface area contributed by atoms with Crippen molar-refractivity contribution in [3.05, 3.63) is 25.3 Å². The summed E-state index contributed by atoms with van der Waals surface area (Å²) in [5.41, 5.74) is 0. The first-order valence-corrected chi connectivity index (χ1v) is 4.27. The molecule has 0 bridgehead atoms. The normalized spacial score (nSPS) is 8.17. The third-order valence-electron chi connectivity index (χ3n) is 1.13. The molecule has 0 radical (unpaired) electrons. The van der Waals surface area contributed by atoms with Gasteiger partial charge in [0.05, 0.1) is 0 Å². The third kappa shape index (κ3) is 22.7. The van der Waals surface area contributed by atoms with Gasteiger partial charge in [0, 0.05) is 13.2 Å². The molecule has 0 aliphatic rings. The van der Waals surface area contributed by atoms with Gasteiger partial charge in [0.25, 0.3) is 0 Å². The first-order valence-electron chi connectivity index (χ1n) is 4.27. The Morgan fingerprint density at radius 3 is 1.25 bits per heavy atom. The molecule has 0 saturated heterocycles. The standard InChI is InChI=1S/2C5H10O/c2*1-2-3-4-5-6/h2*2,6H,1,3-5H2. The maximum Gasteiger partial charge on any atom is 0.0433 e. The molecule has 0 aromatic carbocycles. The SMILES string of the molecule is C=CCCCO.C=CCCCO. The van der Waals surface area contributed by atoms with Gasteiger partial charge in [-0.25, -0.2) is 0 Å². The summed E-state index contributed by atoms with van der Waals surface area (Å²) in [7, 11) is 0. The lowest BCUT2D eigenvalue weighted by Gasteiger charge is -1.81. The zero-order chi connectivity index (χ0) is 9.66. The van der Waals surface area contributed by atoms with Crippen LogP contribution in [0.25, 0.3) is 0 Å². The summed E-state index contributed by atoms with van der Waals surface area (Å²) in [6.45, 7) is 7.54. The molecular formula is C10H20O2. The summed E-state index contributed by atoms with van der Waals surface area (Å²) in [6.07, 6.45) is 7.16. The van der Waals surface area contributed by atoms with Crippen LogP contribution in [-0.4, -0.2) is 23.4 Å². The van der Waals surface area contributed by atoms with E-state index < -0.39 is 0 Å².